The Balaban J connectivity index is -0.000000126. The minimum atomic E-state index is -0.663. The topological polar surface area (TPSA) is 75.6 Å². The first-order valence-corrected chi connectivity index (χ1v) is 8.81. The number of aliphatic hydroxyl groups excluding tert-OH is 1. The molecular formula is C24H61ClN2O4. The molecule has 0 aliphatic heterocycles. The van der Waals surface area contributed by atoms with Crippen molar-refractivity contribution in [1.29, 1.82) is 0 Å². The monoisotopic (exact) mass is 476 g/mol. The maximum atomic E-state index is 12.4. The van der Waals surface area contributed by atoms with Gasteiger partial charge in [-0.25, -0.2) is 0 Å². The second-order valence-electron chi connectivity index (χ2n) is 8.24. The molecule has 0 heterocycles. The predicted molar refractivity (Wildman–Crippen MR) is 136 cm³/mol. The smallest absolute Gasteiger partial charge is 0.302 e. The van der Waals surface area contributed by atoms with Crippen LogP contribution in [-0.4, -0.2) is 67.9 Å². The Morgan fingerprint density at radius 3 is 1.84 bits per heavy atom. The molecule has 0 bridgehead atoms. The molecular weight excluding hydrogens is 416 g/mol. The van der Waals surface area contributed by atoms with Crippen molar-refractivity contribution < 1.29 is 36.3 Å². The van der Waals surface area contributed by atoms with Crippen molar-refractivity contribution in [3.05, 3.63) is 0 Å². The number of amides is 1. The maximum absolute atomic E-state index is 12.4. The van der Waals surface area contributed by atoms with E-state index in [4.69, 9.17) is 4.74 Å². The molecule has 2 atom stereocenters. The van der Waals surface area contributed by atoms with E-state index in [2.05, 4.69) is 26.5 Å². The highest BCUT2D eigenvalue weighted by atomic mass is 35.5. The fraction of sp³-hybridized carbons (Fsp3) is 0.917. The van der Waals surface area contributed by atoms with E-state index in [9.17, 15) is 14.7 Å². The van der Waals surface area contributed by atoms with Crippen molar-refractivity contribution in [3.8, 4) is 0 Å². The number of nitrogens with zero attached hydrogens (tertiary/aromatic N) is 1. The second-order valence-corrected chi connectivity index (χ2v) is 8.24. The Labute approximate surface area is 203 Å². The zero-order valence-corrected chi connectivity index (χ0v) is 17.7. The minimum absolute atomic E-state index is 0. The second kappa shape index (κ2) is 23.8. The molecule has 0 aliphatic rings. The molecule has 0 aromatic carbocycles. The summed E-state index contributed by atoms with van der Waals surface area (Å²) in [5.74, 6) is -0.436. The molecule has 6 nitrogen and oxygen atoms in total. The molecule has 0 aromatic heterocycles. The molecule has 7 heteroatoms. The third kappa shape index (κ3) is 27.1. The number of hydrogen-bond donors (Lipinski definition) is 2. The number of nitrogens with one attached hydrogen (secondary N) is 1. The summed E-state index contributed by atoms with van der Waals surface area (Å²) in [7, 11) is 6.36. The summed E-state index contributed by atoms with van der Waals surface area (Å²) >= 11 is 0. The molecule has 0 saturated carbocycles. The minimum Gasteiger partial charge on any atom is -1.00 e. The van der Waals surface area contributed by atoms with Gasteiger partial charge in [0.1, 0.15) is 6.10 Å². The summed E-state index contributed by atoms with van der Waals surface area (Å²) in [5.41, 5.74) is -0.663. The standard InChI is InChI=1S/C18H36N2O4.6CH4.ClH/c1-8-15(22)12-16(24-14(2)21)13-18(3,4)17(23)19-10-9-11-20(5,6)7;;;;;;;/h15-16,22H,8-13H2,1-7H3;6*1H4;1H. The van der Waals surface area contributed by atoms with Crippen molar-refractivity contribution in [2.45, 2.75) is 110 Å². The van der Waals surface area contributed by atoms with Gasteiger partial charge in [0.05, 0.1) is 33.8 Å². The van der Waals surface area contributed by atoms with E-state index in [-0.39, 0.29) is 68.8 Å². The van der Waals surface area contributed by atoms with Gasteiger partial charge in [-0.2, -0.15) is 0 Å². The molecule has 31 heavy (non-hydrogen) atoms. The van der Waals surface area contributed by atoms with Gasteiger partial charge < -0.3 is 32.1 Å². The number of hydrogen-bond acceptors (Lipinski definition) is 4. The van der Waals surface area contributed by atoms with Crippen molar-refractivity contribution in [3.63, 3.8) is 0 Å². The summed E-state index contributed by atoms with van der Waals surface area (Å²) in [6.45, 7) is 8.53. The van der Waals surface area contributed by atoms with Crippen LogP contribution in [0.4, 0.5) is 0 Å². The molecule has 0 rings (SSSR count). The third-order valence-corrected chi connectivity index (χ3v) is 3.98. The van der Waals surface area contributed by atoms with Crippen LogP contribution in [-0.2, 0) is 14.3 Å². The highest BCUT2D eigenvalue weighted by Gasteiger charge is 2.33. The van der Waals surface area contributed by atoms with E-state index in [1.807, 2.05) is 20.8 Å². The summed E-state index contributed by atoms with van der Waals surface area (Å²) in [6, 6.07) is 0. The highest BCUT2D eigenvalue weighted by molar-refractivity contribution is 5.81. The quantitative estimate of drug-likeness (QED) is 0.273. The lowest BCUT2D eigenvalue weighted by Crippen LogP contribution is -3.00. The largest absolute Gasteiger partial charge is 1.00 e. The summed E-state index contributed by atoms with van der Waals surface area (Å²) in [6.07, 6.45) is 1.27. The van der Waals surface area contributed by atoms with E-state index in [1.54, 1.807) is 0 Å². The van der Waals surface area contributed by atoms with Crippen molar-refractivity contribution in [2.75, 3.05) is 34.2 Å². The summed E-state index contributed by atoms with van der Waals surface area (Å²) in [5, 5.41) is 12.8. The van der Waals surface area contributed by atoms with Crippen LogP contribution in [0.5, 0.6) is 0 Å². The van der Waals surface area contributed by atoms with Gasteiger partial charge in [0, 0.05) is 31.7 Å². The average molecular weight is 477 g/mol. The van der Waals surface area contributed by atoms with Crippen LogP contribution in [0.25, 0.3) is 0 Å². The Bertz CT molecular complexity index is 411. The van der Waals surface area contributed by atoms with Gasteiger partial charge in [0.25, 0.3) is 0 Å². The van der Waals surface area contributed by atoms with Gasteiger partial charge in [-0.3, -0.25) is 9.59 Å². The van der Waals surface area contributed by atoms with Crippen LogP contribution in [0.2, 0.25) is 0 Å². The zero-order valence-electron chi connectivity index (χ0n) is 16.9. The predicted octanol–water partition coefficient (Wildman–Crippen LogP) is 2.53. The maximum Gasteiger partial charge on any atom is 0.302 e. The number of aliphatic hydroxyl groups is 1. The van der Waals surface area contributed by atoms with Crippen LogP contribution in [0, 0.1) is 5.41 Å². The van der Waals surface area contributed by atoms with Crippen LogP contribution in [0.15, 0.2) is 0 Å². The number of esters is 1. The molecule has 0 saturated heterocycles. The number of halogens is 1. The Kier molecular flexibility index (Phi) is 40.1. The molecule has 0 fully saturated rings. The summed E-state index contributed by atoms with van der Waals surface area (Å²) in [4.78, 5) is 23.7. The zero-order chi connectivity index (χ0) is 19.0. The normalized spacial score (nSPS) is 11.5. The molecule has 1 amide bonds. The first-order chi connectivity index (χ1) is 10.9. The molecule has 0 spiro atoms. The van der Waals surface area contributed by atoms with E-state index < -0.39 is 17.6 Å². The van der Waals surface area contributed by atoms with E-state index in [1.165, 1.54) is 6.92 Å². The van der Waals surface area contributed by atoms with Crippen molar-refractivity contribution in [1.82, 2.24) is 5.32 Å². The molecule has 0 aromatic rings. The fourth-order valence-corrected chi connectivity index (χ4v) is 2.53. The van der Waals surface area contributed by atoms with E-state index in [0.29, 0.717) is 25.8 Å². The average Bonchev–Trinajstić information content (AvgIpc) is 2.40. The fourth-order valence-electron chi connectivity index (χ4n) is 2.53. The molecule has 2 N–H and O–H groups in total. The third-order valence-electron chi connectivity index (χ3n) is 3.98. The van der Waals surface area contributed by atoms with E-state index in [0.717, 1.165) is 17.4 Å². The number of rotatable bonds is 11. The number of carbonyl (C=O) groups excluding carboxylic acids is 2. The van der Waals surface area contributed by atoms with Gasteiger partial charge in [0.15, 0.2) is 0 Å². The van der Waals surface area contributed by atoms with Crippen molar-refractivity contribution >= 4 is 11.9 Å². The number of quaternary nitrogens is 1. The van der Waals surface area contributed by atoms with Gasteiger partial charge in [-0.1, -0.05) is 65.3 Å². The Morgan fingerprint density at radius 1 is 1.03 bits per heavy atom. The van der Waals surface area contributed by atoms with Crippen LogP contribution < -0.4 is 17.7 Å². The van der Waals surface area contributed by atoms with Gasteiger partial charge in [-0.15, -0.1) is 0 Å². The van der Waals surface area contributed by atoms with Crippen LogP contribution in [0.3, 0.4) is 0 Å². The molecule has 2 unspecified atom stereocenters. The van der Waals surface area contributed by atoms with E-state index >= 15 is 0 Å². The molecule has 0 radical (unpaired) electrons. The Morgan fingerprint density at radius 2 is 1.48 bits per heavy atom. The molecule has 0 aliphatic carbocycles. The first-order valence-electron chi connectivity index (χ1n) is 8.81. The lowest BCUT2D eigenvalue weighted by Gasteiger charge is -2.29. The number of carbonyl (C=O) groups is 2. The lowest BCUT2D eigenvalue weighted by atomic mass is 9.84. The molecule has 198 valence electrons. The van der Waals surface area contributed by atoms with Crippen LogP contribution >= 0.6 is 0 Å². The summed E-state index contributed by atoms with van der Waals surface area (Å²) < 4.78 is 6.16. The highest BCUT2D eigenvalue weighted by Crippen LogP contribution is 2.26. The SMILES string of the molecule is C.C.C.C.C.C.CCC(O)CC(CC(C)(C)C(=O)NCCC[N+](C)(C)C)OC(C)=O.[Cl-]. The van der Waals surface area contributed by atoms with Crippen molar-refractivity contribution in [2.24, 2.45) is 5.41 Å². The number of ether oxygens (including phenoxy) is 1. The van der Waals surface area contributed by atoms with Gasteiger partial charge >= 0.3 is 5.97 Å². The van der Waals surface area contributed by atoms with Crippen LogP contribution in [0.1, 0.15) is 97.9 Å². The lowest BCUT2D eigenvalue weighted by molar-refractivity contribution is -0.870. The first kappa shape index (κ1) is 52.2. The Hall–Kier alpha value is -0.850. The van der Waals surface area contributed by atoms with Gasteiger partial charge in [-0.05, 0) is 12.8 Å². The van der Waals surface area contributed by atoms with Gasteiger partial charge in [0.2, 0.25) is 5.91 Å².